The highest BCUT2D eigenvalue weighted by atomic mass is 79.9. The SMILES string of the molecule is C=C(Br)C[C@@H](NC(=O)[C@@H]1CCC(=O)N1)C(=O)O. The summed E-state index contributed by atoms with van der Waals surface area (Å²) >= 11 is 3.05. The Morgan fingerprint density at radius 1 is 1.65 bits per heavy atom. The molecule has 6 nitrogen and oxygen atoms in total. The van der Waals surface area contributed by atoms with Gasteiger partial charge in [0.2, 0.25) is 11.8 Å². The molecule has 1 aliphatic heterocycles. The fraction of sp³-hybridized carbons (Fsp3) is 0.500. The molecule has 2 amide bonds. The molecule has 0 aromatic carbocycles. The van der Waals surface area contributed by atoms with Gasteiger partial charge in [0.15, 0.2) is 0 Å². The Hall–Kier alpha value is -1.37. The summed E-state index contributed by atoms with van der Waals surface area (Å²) in [6, 6.07) is -1.67. The topological polar surface area (TPSA) is 95.5 Å². The van der Waals surface area contributed by atoms with Gasteiger partial charge in [-0.2, -0.15) is 0 Å². The van der Waals surface area contributed by atoms with Gasteiger partial charge in [0.1, 0.15) is 12.1 Å². The van der Waals surface area contributed by atoms with E-state index in [0.29, 0.717) is 17.3 Å². The molecule has 0 bridgehead atoms. The lowest BCUT2D eigenvalue weighted by Gasteiger charge is -2.16. The first-order valence-electron chi connectivity index (χ1n) is 5.06. The second-order valence-electron chi connectivity index (χ2n) is 3.78. The van der Waals surface area contributed by atoms with Crippen LogP contribution >= 0.6 is 15.9 Å². The predicted octanol–water partition coefficient (Wildman–Crippen LogP) is 0.133. The second-order valence-corrected chi connectivity index (χ2v) is 4.90. The van der Waals surface area contributed by atoms with Gasteiger partial charge in [-0.3, -0.25) is 9.59 Å². The van der Waals surface area contributed by atoms with Crippen molar-refractivity contribution in [2.75, 3.05) is 0 Å². The first-order valence-corrected chi connectivity index (χ1v) is 5.85. The van der Waals surface area contributed by atoms with Crippen molar-refractivity contribution in [3.05, 3.63) is 11.1 Å². The van der Waals surface area contributed by atoms with E-state index in [4.69, 9.17) is 5.11 Å². The monoisotopic (exact) mass is 304 g/mol. The van der Waals surface area contributed by atoms with Crippen LogP contribution < -0.4 is 10.6 Å². The average Bonchev–Trinajstić information content (AvgIpc) is 2.63. The van der Waals surface area contributed by atoms with Crippen LogP contribution in [0.1, 0.15) is 19.3 Å². The van der Waals surface area contributed by atoms with Crippen molar-refractivity contribution in [2.24, 2.45) is 0 Å². The maximum atomic E-state index is 11.7. The van der Waals surface area contributed by atoms with Crippen molar-refractivity contribution in [1.82, 2.24) is 10.6 Å². The molecule has 0 aromatic heterocycles. The molecule has 2 atom stereocenters. The van der Waals surface area contributed by atoms with Crippen molar-refractivity contribution >= 4 is 33.7 Å². The number of halogens is 1. The summed E-state index contributed by atoms with van der Waals surface area (Å²) in [4.78, 5) is 33.5. The number of amides is 2. The Balaban J connectivity index is 2.55. The van der Waals surface area contributed by atoms with Crippen LogP contribution in [-0.2, 0) is 14.4 Å². The second kappa shape index (κ2) is 5.81. The molecule has 0 unspecified atom stereocenters. The number of carbonyl (C=O) groups excluding carboxylic acids is 2. The van der Waals surface area contributed by atoms with Gasteiger partial charge in [0.25, 0.3) is 0 Å². The number of aliphatic carboxylic acids is 1. The van der Waals surface area contributed by atoms with Gasteiger partial charge in [0.05, 0.1) is 0 Å². The number of carboxylic acid groups (broad SMARTS) is 1. The minimum absolute atomic E-state index is 0.0989. The molecule has 1 rings (SSSR count). The Kier molecular flexibility index (Phi) is 4.68. The van der Waals surface area contributed by atoms with Crippen molar-refractivity contribution in [1.29, 1.82) is 0 Å². The molecule has 1 heterocycles. The molecular weight excluding hydrogens is 292 g/mol. The quantitative estimate of drug-likeness (QED) is 0.673. The third-order valence-corrected chi connectivity index (χ3v) is 2.68. The number of hydrogen-bond donors (Lipinski definition) is 3. The zero-order valence-corrected chi connectivity index (χ0v) is 10.6. The van der Waals surface area contributed by atoms with Gasteiger partial charge in [-0.05, 0) is 10.9 Å². The maximum absolute atomic E-state index is 11.7. The fourth-order valence-corrected chi connectivity index (χ4v) is 1.83. The zero-order valence-electron chi connectivity index (χ0n) is 9.03. The Morgan fingerprint density at radius 3 is 2.71 bits per heavy atom. The number of carbonyl (C=O) groups is 3. The van der Waals surface area contributed by atoms with Gasteiger partial charge >= 0.3 is 5.97 Å². The van der Waals surface area contributed by atoms with E-state index >= 15 is 0 Å². The minimum atomic E-state index is -1.14. The van der Waals surface area contributed by atoms with Gasteiger partial charge in [-0.15, -0.1) is 0 Å². The molecule has 0 radical (unpaired) electrons. The van der Waals surface area contributed by atoms with Crippen LogP contribution in [0.2, 0.25) is 0 Å². The number of rotatable bonds is 5. The van der Waals surface area contributed by atoms with Crippen LogP contribution in [0.15, 0.2) is 11.1 Å². The highest BCUT2D eigenvalue weighted by molar-refractivity contribution is 9.11. The summed E-state index contributed by atoms with van der Waals surface area (Å²) < 4.78 is 0.487. The molecule has 0 aliphatic carbocycles. The molecule has 1 fully saturated rings. The van der Waals surface area contributed by atoms with Crippen LogP contribution in [-0.4, -0.2) is 35.0 Å². The first kappa shape index (κ1) is 13.7. The normalized spacial score (nSPS) is 20.5. The highest BCUT2D eigenvalue weighted by Gasteiger charge is 2.30. The molecule has 3 N–H and O–H groups in total. The standard InChI is InChI=1S/C10H13BrN2O4/c1-5(11)4-7(10(16)17)13-9(15)6-2-3-8(14)12-6/h6-7H,1-4H2,(H,12,14)(H,13,15)(H,16,17)/t6-,7+/m0/s1. The van der Waals surface area contributed by atoms with Crippen LogP contribution in [0.25, 0.3) is 0 Å². The van der Waals surface area contributed by atoms with Crippen molar-refractivity contribution in [2.45, 2.75) is 31.3 Å². The van der Waals surface area contributed by atoms with E-state index < -0.39 is 24.0 Å². The van der Waals surface area contributed by atoms with Crippen LogP contribution in [0.3, 0.4) is 0 Å². The fourth-order valence-electron chi connectivity index (χ4n) is 1.50. The molecule has 94 valence electrons. The Labute approximate surface area is 107 Å². The molecule has 17 heavy (non-hydrogen) atoms. The summed E-state index contributed by atoms with van der Waals surface area (Å²) in [5.74, 6) is -1.80. The molecule has 0 spiro atoms. The van der Waals surface area contributed by atoms with Crippen LogP contribution in [0.4, 0.5) is 0 Å². The minimum Gasteiger partial charge on any atom is -0.480 e. The lowest BCUT2D eigenvalue weighted by molar-refractivity contribution is -0.142. The van der Waals surface area contributed by atoms with E-state index in [9.17, 15) is 14.4 Å². The van der Waals surface area contributed by atoms with Crippen LogP contribution in [0, 0.1) is 0 Å². The third-order valence-electron chi connectivity index (χ3n) is 2.35. The number of nitrogens with one attached hydrogen (secondary N) is 2. The van der Waals surface area contributed by atoms with Gasteiger partial charge in [-0.25, -0.2) is 4.79 Å². The molecule has 7 heteroatoms. The zero-order chi connectivity index (χ0) is 13.0. The number of carboxylic acids is 1. The molecule has 1 saturated heterocycles. The van der Waals surface area contributed by atoms with E-state index in [-0.39, 0.29) is 12.3 Å². The largest absolute Gasteiger partial charge is 0.480 e. The number of hydrogen-bond acceptors (Lipinski definition) is 3. The van der Waals surface area contributed by atoms with E-state index in [2.05, 4.69) is 33.1 Å². The molecular formula is C10H13BrN2O4. The summed E-state index contributed by atoms with van der Waals surface area (Å²) in [5, 5.41) is 13.7. The summed E-state index contributed by atoms with van der Waals surface area (Å²) in [5.41, 5.74) is 0. The molecule has 0 aromatic rings. The average molecular weight is 305 g/mol. The lowest BCUT2D eigenvalue weighted by atomic mass is 10.1. The third kappa shape index (κ3) is 4.18. The Bertz CT molecular complexity index is 369. The van der Waals surface area contributed by atoms with E-state index in [1.807, 2.05) is 0 Å². The summed E-state index contributed by atoms with van der Waals surface area (Å²) in [6.07, 6.45) is 0.787. The van der Waals surface area contributed by atoms with Crippen LogP contribution in [0.5, 0.6) is 0 Å². The summed E-state index contributed by atoms with van der Waals surface area (Å²) in [7, 11) is 0. The van der Waals surface area contributed by atoms with Gasteiger partial charge < -0.3 is 15.7 Å². The molecule has 1 aliphatic rings. The van der Waals surface area contributed by atoms with Crippen molar-refractivity contribution in [3.8, 4) is 0 Å². The Morgan fingerprint density at radius 2 is 2.29 bits per heavy atom. The van der Waals surface area contributed by atoms with E-state index in [1.165, 1.54) is 0 Å². The van der Waals surface area contributed by atoms with E-state index in [0.717, 1.165) is 0 Å². The smallest absolute Gasteiger partial charge is 0.326 e. The van der Waals surface area contributed by atoms with Crippen molar-refractivity contribution < 1.29 is 19.5 Å². The van der Waals surface area contributed by atoms with Gasteiger partial charge in [0, 0.05) is 12.8 Å². The van der Waals surface area contributed by atoms with Gasteiger partial charge in [-0.1, -0.05) is 22.5 Å². The lowest BCUT2D eigenvalue weighted by Crippen LogP contribution is -2.48. The maximum Gasteiger partial charge on any atom is 0.326 e. The van der Waals surface area contributed by atoms with E-state index in [1.54, 1.807) is 0 Å². The highest BCUT2D eigenvalue weighted by Crippen LogP contribution is 2.12. The summed E-state index contributed by atoms with van der Waals surface area (Å²) in [6.45, 7) is 3.53. The molecule has 0 saturated carbocycles. The first-order chi connectivity index (χ1) is 7.90. The predicted molar refractivity (Wildman–Crippen MR) is 63.4 cm³/mol. The van der Waals surface area contributed by atoms with Crippen molar-refractivity contribution in [3.63, 3.8) is 0 Å².